The van der Waals surface area contributed by atoms with Gasteiger partial charge in [-0.3, -0.25) is 4.99 Å². The number of hydrogen-bond acceptors (Lipinski definition) is 1. The Labute approximate surface area is 73.1 Å². The van der Waals surface area contributed by atoms with E-state index in [-0.39, 0.29) is 5.41 Å². The number of aliphatic imine (C=N–C) groups is 1. The van der Waals surface area contributed by atoms with E-state index in [9.17, 15) is 0 Å². The van der Waals surface area contributed by atoms with Crippen LogP contribution in [0.2, 0.25) is 0 Å². The number of rotatable bonds is 0. The Hall–Kier alpha value is -1.11. The van der Waals surface area contributed by atoms with Crippen LogP contribution in [0.5, 0.6) is 0 Å². The van der Waals surface area contributed by atoms with Crippen LogP contribution in [0.25, 0.3) is 0 Å². The van der Waals surface area contributed by atoms with Crippen LogP contribution in [-0.2, 0) is 5.41 Å². The minimum Gasteiger partial charge on any atom is -0.260 e. The maximum absolute atomic E-state index is 4.35. The summed E-state index contributed by atoms with van der Waals surface area (Å²) >= 11 is 0. The molecule has 1 aliphatic heterocycles. The van der Waals surface area contributed by atoms with Crippen LogP contribution in [0.15, 0.2) is 23.2 Å². The van der Waals surface area contributed by atoms with Crippen molar-refractivity contribution in [2.24, 2.45) is 4.99 Å². The lowest BCUT2D eigenvalue weighted by Crippen LogP contribution is -2.16. The van der Waals surface area contributed by atoms with E-state index in [1.165, 1.54) is 5.56 Å². The molecule has 2 rings (SSSR count). The molecule has 1 heteroatoms. The SMILES string of the molecule is [CH2]c1cccc2c1C(C)(C)C=N2. The van der Waals surface area contributed by atoms with Gasteiger partial charge < -0.3 is 0 Å². The Morgan fingerprint density at radius 1 is 1.33 bits per heavy atom. The summed E-state index contributed by atoms with van der Waals surface area (Å²) in [5.41, 5.74) is 3.50. The molecule has 0 aromatic heterocycles. The summed E-state index contributed by atoms with van der Waals surface area (Å²) in [6.45, 7) is 8.34. The number of fused-ring (bicyclic) bond motifs is 1. The summed E-state index contributed by atoms with van der Waals surface area (Å²) in [6, 6.07) is 6.07. The summed E-state index contributed by atoms with van der Waals surface area (Å²) in [6.07, 6.45) is 1.99. The van der Waals surface area contributed by atoms with Gasteiger partial charge in [-0.05, 0) is 24.1 Å². The van der Waals surface area contributed by atoms with Gasteiger partial charge in [0.05, 0.1) is 5.69 Å². The van der Waals surface area contributed by atoms with Crippen LogP contribution in [0, 0.1) is 6.92 Å². The van der Waals surface area contributed by atoms with E-state index in [0.29, 0.717) is 0 Å². The second-order valence-corrected chi connectivity index (χ2v) is 3.79. The van der Waals surface area contributed by atoms with Crippen LogP contribution < -0.4 is 0 Å². The molecule has 1 radical (unpaired) electrons. The Morgan fingerprint density at radius 3 is 2.75 bits per heavy atom. The highest BCUT2D eigenvalue weighted by Gasteiger charge is 2.27. The summed E-state index contributed by atoms with van der Waals surface area (Å²) in [5, 5.41) is 0. The van der Waals surface area contributed by atoms with Crippen molar-refractivity contribution in [1.29, 1.82) is 0 Å². The van der Waals surface area contributed by atoms with Gasteiger partial charge in [0, 0.05) is 11.6 Å². The molecule has 1 nitrogen and oxygen atoms in total. The van der Waals surface area contributed by atoms with E-state index in [0.717, 1.165) is 11.3 Å². The first kappa shape index (κ1) is 7.53. The normalized spacial score (nSPS) is 17.9. The zero-order valence-corrected chi connectivity index (χ0v) is 7.46. The predicted octanol–water partition coefficient (Wildman–Crippen LogP) is 2.86. The van der Waals surface area contributed by atoms with Crippen LogP contribution in [0.4, 0.5) is 5.69 Å². The molecule has 1 aromatic rings. The summed E-state index contributed by atoms with van der Waals surface area (Å²) < 4.78 is 0. The zero-order valence-electron chi connectivity index (χ0n) is 7.46. The fraction of sp³-hybridized carbons (Fsp3) is 0.273. The van der Waals surface area contributed by atoms with E-state index in [2.05, 4.69) is 25.8 Å². The third-order valence-corrected chi connectivity index (χ3v) is 2.30. The maximum atomic E-state index is 4.35. The largest absolute Gasteiger partial charge is 0.260 e. The van der Waals surface area contributed by atoms with Gasteiger partial charge in [-0.25, -0.2) is 0 Å². The third-order valence-electron chi connectivity index (χ3n) is 2.30. The molecule has 0 saturated carbocycles. The molecule has 0 atom stereocenters. The van der Waals surface area contributed by atoms with Gasteiger partial charge in [0.15, 0.2) is 0 Å². The summed E-state index contributed by atoms with van der Waals surface area (Å²) in [5.74, 6) is 0. The Bertz CT molecular complexity index is 348. The zero-order chi connectivity index (χ0) is 8.77. The van der Waals surface area contributed by atoms with Crippen LogP contribution in [-0.4, -0.2) is 6.21 Å². The van der Waals surface area contributed by atoms with Crippen molar-refractivity contribution in [2.45, 2.75) is 19.3 Å². The van der Waals surface area contributed by atoms with Crippen LogP contribution >= 0.6 is 0 Å². The van der Waals surface area contributed by atoms with Crippen molar-refractivity contribution < 1.29 is 0 Å². The molecule has 0 amide bonds. The average molecular weight is 158 g/mol. The van der Waals surface area contributed by atoms with Crippen molar-refractivity contribution in [3.63, 3.8) is 0 Å². The smallest absolute Gasteiger partial charge is 0.0670 e. The van der Waals surface area contributed by atoms with E-state index in [1.54, 1.807) is 0 Å². The van der Waals surface area contributed by atoms with Crippen LogP contribution in [0.1, 0.15) is 25.0 Å². The topological polar surface area (TPSA) is 12.4 Å². The molecule has 0 fully saturated rings. The molecule has 0 saturated heterocycles. The quantitative estimate of drug-likeness (QED) is 0.550. The summed E-state index contributed by atoms with van der Waals surface area (Å²) in [7, 11) is 0. The average Bonchev–Trinajstić information content (AvgIpc) is 2.29. The first-order chi connectivity index (χ1) is 5.61. The highest BCUT2D eigenvalue weighted by Crippen LogP contribution is 2.38. The van der Waals surface area contributed by atoms with E-state index in [1.807, 2.05) is 24.4 Å². The highest BCUT2D eigenvalue weighted by molar-refractivity contribution is 5.85. The first-order valence-corrected chi connectivity index (χ1v) is 4.12. The highest BCUT2D eigenvalue weighted by atomic mass is 14.8. The molecule has 0 spiro atoms. The molecule has 12 heavy (non-hydrogen) atoms. The fourth-order valence-electron chi connectivity index (χ4n) is 1.73. The monoisotopic (exact) mass is 158 g/mol. The molecule has 0 N–H and O–H groups in total. The van der Waals surface area contributed by atoms with Crippen molar-refractivity contribution in [3.8, 4) is 0 Å². The molecule has 1 aliphatic rings. The van der Waals surface area contributed by atoms with E-state index in [4.69, 9.17) is 0 Å². The second-order valence-electron chi connectivity index (χ2n) is 3.79. The fourth-order valence-corrected chi connectivity index (χ4v) is 1.73. The predicted molar refractivity (Wildman–Crippen MR) is 52.1 cm³/mol. The Balaban J connectivity index is 2.70. The number of hydrogen-bond donors (Lipinski definition) is 0. The van der Waals surface area contributed by atoms with Crippen molar-refractivity contribution in [1.82, 2.24) is 0 Å². The van der Waals surface area contributed by atoms with Gasteiger partial charge in [0.2, 0.25) is 0 Å². The van der Waals surface area contributed by atoms with Gasteiger partial charge in [-0.15, -0.1) is 0 Å². The Kier molecular flexibility index (Phi) is 1.38. The minimum atomic E-state index is 0.0632. The van der Waals surface area contributed by atoms with Crippen molar-refractivity contribution in [3.05, 3.63) is 36.2 Å². The molecule has 0 bridgehead atoms. The lowest BCUT2D eigenvalue weighted by atomic mass is 9.84. The second kappa shape index (κ2) is 2.19. The number of benzene rings is 1. The molecule has 1 aromatic carbocycles. The standard InChI is InChI=1S/C11H12N/c1-8-5-4-6-9-10(8)11(2,3)7-12-9/h4-7H,1H2,2-3H3. The molecule has 1 heterocycles. The maximum Gasteiger partial charge on any atom is 0.0670 e. The molecule has 0 unspecified atom stereocenters. The molecule has 0 aliphatic carbocycles. The van der Waals surface area contributed by atoms with Gasteiger partial charge >= 0.3 is 0 Å². The van der Waals surface area contributed by atoms with Gasteiger partial charge in [-0.2, -0.15) is 0 Å². The van der Waals surface area contributed by atoms with Crippen molar-refractivity contribution in [2.75, 3.05) is 0 Å². The molecule has 61 valence electrons. The van der Waals surface area contributed by atoms with E-state index < -0.39 is 0 Å². The minimum absolute atomic E-state index is 0.0632. The van der Waals surface area contributed by atoms with Crippen LogP contribution in [0.3, 0.4) is 0 Å². The lowest BCUT2D eigenvalue weighted by molar-refractivity contribution is 0.749. The van der Waals surface area contributed by atoms with Crippen molar-refractivity contribution >= 4 is 11.9 Å². The van der Waals surface area contributed by atoms with Gasteiger partial charge in [-0.1, -0.05) is 26.0 Å². The summed E-state index contributed by atoms with van der Waals surface area (Å²) in [4.78, 5) is 4.35. The first-order valence-electron chi connectivity index (χ1n) is 4.12. The van der Waals surface area contributed by atoms with Gasteiger partial charge in [0.1, 0.15) is 0 Å². The third kappa shape index (κ3) is 0.893. The molecular weight excluding hydrogens is 146 g/mol. The van der Waals surface area contributed by atoms with Gasteiger partial charge in [0.25, 0.3) is 0 Å². The Morgan fingerprint density at radius 2 is 2.08 bits per heavy atom. The molecular formula is C11H12N. The van der Waals surface area contributed by atoms with E-state index >= 15 is 0 Å². The lowest BCUT2D eigenvalue weighted by Gasteiger charge is -2.17. The number of nitrogens with zero attached hydrogens (tertiary/aromatic N) is 1.